The number of pyridine rings is 1. The van der Waals surface area contributed by atoms with E-state index in [1.165, 1.54) is 18.3 Å². The van der Waals surface area contributed by atoms with Gasteiger partial charge in [0.15, 0.2) is 11.6 Å². The number of ketones is 2. The van der Waals surface area contributed by atoms with Crippen molar-refractivity contribution < 1.29 is 36.3 Å². The second-order valence-corrected chi connectivity index (χ2v) is 11.0. The molecular formula is C29H22F5N5O3. The van der Waals surface area contributed by atoms with Crippen LogP contribution in [-0.4, -0.2) is 72.8 Å². The average molecular weight is 584 g/mol. The van der Waals surface area contributed by atoms with Crippen LogP contribution in [0.2, 0.25) is 0 Å². The summed E-state index contributed by atoms with van der Waals surface area (Å²) in [5, 5.41) is 0.333. The molecule has 5 heterocycles. The van der Waals surface area contributed by atoms with Gasteiger partial charge in [0.1, 0.15) is 11.5 Å². The van der Waals surface area contributed by atoms with Crippen molar-refractivity contribution in [2.45, 2.75) is 37.8 Å². The third kappa shape index (κ3) is 4.17. The van der Waals surface area contributed by atoms with Gasteiger partial charge in [0.05, 0.1) is 48.9 Å². The fourth-order valence-corrected chi connectivity index (χ4v) is 6.38. The highest BCUT2D eigenvalue weighted by Gasteiger charge is 2.52. The van der Waals surface area contributed by atoms with E-state index >= 15 is 4.39 Å². The van der Waals surface area contributed by atoms with Crippen molar-refractivity contribution in [3.8, 4) is 0 Å². The zero-order chi connectivity index (χ0) is 29.6. The Morgan fingerprint density at radius 3 is 2.43 bits per heavy atom. The number of nitrogens with zero attached hydrogens (tertiary/aromatic N) is 5. The number of carbonyl (C=O) groups excluding carboxylic acids is 3. The van der Waals surface area contributed by atoms with E-state index in [0.29, 0.717) is 38.3 Å². The van der Waals surface area contributed by atoms with Crippen LogP contribution in [0.3, 0.4) is 0 Å². The molecule has 1 aliphatic carbocycles. The number of aromatic nitrogens is 3. The maximum absolute atomic E-state index is 15.1. The van der Waals surface area contributed by atoms with Crippen LogP contribution in [-0.2, 0) is 22.7 Å². The molecule has 4 aromatic rings. The third-order valence-corrected chi connectivity index (χ3v) is 7.96. The summed E-state index contributed by atoms with van der Waals surface area (Å²) in [5.41, 5.74) is 2.46. The maximum atomic E-state index is 15.1. The number of imidazole rings is 1. The molecule has 1 fully saturated rings. The van der Waals surface area contributed by atoms with Gasteiger partial charge in [-0.25, -0.2) is 31.7 Å². The molecule has 0 spiro atoms. The lowest BCUT2D eigenvalue weighted by molar-refractivity contribution is -0.162. The van der Waals surface area contributed by atoms with Gasteiger partial charge in [-0.3, -0.25) is 14.0 Å². The first-order chi connectivity index (χ1) is 19.9. The minimum atomic E-state index is -3.74. The van der Waals surface area contributed by atoms with Crippen LogP contribution < -0.4 is 0 Å². The lowest BCUT2D eigenvalue weighted by atomic mass is 9.98. The smallest absolute Gasteiger partial charge is 0.320 e. The van der Waals surface area contributed by atoms with E-state index in [1.807, 2.05) is 0 Å². The van der Waals surface area contributed by atoms with Crippen LogP contribution in [0.1, 0.15) is 29.7 Å². The molecule has 0 saturated carbocycles. The maximum Gasteiger partial charge on any atom is 0.320 e. The van der Waals surface area contributed by atoms with Crippen molar-refractivity contribution in [3.05, 3.63) is 71.6 Å². The number of halogens is 5. The number of amides is 2. The van der Waals surface area contributed by atoms with Crippen molar-refractivity contribution in [2.75, 3.05) is 19.6 Å². The molecule has 3 aliphatic rings. The number of hydrogen-bond donors (Lipinski definition) is 0. The molecule has 2 amide bonds. The molecule has 2 aliphatic heterocycles. The minimum Gasteiger partial charge on any atom is -0.345 e. The first-order valence-electron chi connectivity index (χ1n) is 13.3. The topological polar surface area (TPSA) is 79.9 Å². The molecule has 0 radical (unpaired) electrons. The summed E-state index contributed by atoms with van der Waals surface area (Å²) in [6.07, 6.45) is 2.85. The molecule has 8 nitrogen and oxygen atoms in total. The SMILES string of the molecule is O=C1CC(=O)C(c2cnc3ccccn23)=C1c1cn2c3c(cc(F)cc13)CN(C(=O)N1CC(F)(F)CC(F)(F)C1)CC2. The Morgan fingerprint density at radius 2 is 1.67 bits per heavy atom. The number of alkyl halides is 4. The lowest BCUT2D eigenvalue weighted by Gasteiger charge is -2.39. The molecule has 3 aromatic heterocycles. The van der Waals surface area contributed by atoms with E-state index in [4.69, 9.17) is 0 Å². The standard InChI is InChI=1S/C29H22F5N5O3/c30-17-7-16-11-37(27(42)38-14-28(31,32)13-29(33,34)15-38)6-5-36-12-19(18(8-17)26(16)36)24-21(40)9-22(41)25(24)20-10-35-23-3-1-2-4-39(20)23/h1-4,7-8,10,12H,5-6,9,11,13-15H2. The molecular weight excluding hydrogens is 561 g/mol. The molecule has 0 atom stereocenters. The van der Waals surface area contributed by atoms with Crippen LogP contribution in [0.4, 0.5) is 26.7 Å². The molecule has 0 N–H and O–H groups in total. The van der Waals surface area contributed by atoms with Crippen molar-refractivity contribution in [1.29, 1.82) is 0 Å². The molecule has 0 bridgehead atoms. The summed E-state index contributed by atoms with van der Waals surface area (Å²) < 4.78 is 74.6. The van der Waals surface area contributed by atoms with Gasteiger partial charge in [0.25, 0.3) is 11.8 Å². The number of piperidine rings is 1. The van der Waals surface area contributed by atoms with Gasteiger partial charge in [-0.2, -0.15) is 0 Å². The van der Waals surface area contributed by atoms with Gasteiger partial charge < -0.3 is 14.4 Å². The zero-order valence-corrected chi connectivity index (χ0v) is 21.9. The van der Waals surface area contributed by atoms with Crippen LogP contribution in [0.25, 0.3) is 27.7 Å². The molecule has 13 heteroatoms. The second kappa shape index (κ2) is 8.97. The van der Waals surface area contributed by atoms with Gasteiger partial charge in [0.2, 0.25) is 0 Å². The molecule has 7 rings (SSSR count). The van der Waals surface area contributed by atoms with E-state index in [-0.39, 0.29) is 37.2 Å². The first-order valence-corrected chi connectivity index (χ1v) is 13.3. The average Bonchev–Trinajstić information content (AvgIpc) is 3.52. The van der Waals surface area contributed by atoms with Gasteiger partial charge in [-0.1, -0.05) is 6.07 Å². The van der Waals surface area contributed by atoms with Gasteiger partial charge in [-0.05, 0) is 29.8 Å². The van der Waals surface area contributed by atoms with E-state index in [0.717, 1.165) is 4.90 Å². The van der Waals surface area contributed by atoms with Crippen molar-refractivity contribution in [2.24, 2.45) is 0 Å². The van der Waals surface area contributed by atoms with E-state index in [9.17, 15) is 31.9 Å². The number of carbonyl (C=O) groups is 3. The Morgan fingerprint density at radius 1 is 0.929 bits per heavy atom. The summed E-state index contributed by atoms with van der Waals surface area (Å²) >= 11 is 0. The molecule has 42 heavy (non-hydrogen) atoms. The largest absolute Gasteiger partial charge is 0.345 e. The summed E-state index contributed by atoms with van der Waals surface area (Å²) in [7, 11) is 0. The number of likely N-dealkylation sites (tertiary alicyclic amines) is 1. The Kier molecular flexibility index (Phi) is 5.63. The number of fused-ring (bicyclic) bond motifs is 1. The van der Waals surface area contributed by atoms with Crippen molar-refractivity contribution >= 4 is 45.3 Å². The number of rotatable bonds is 2. The Hall–Kier alpha value is -4.55. The fraction of sp³-hybridized carbons (Fsp3) is 0.310. The zero-order valence-electron chi connectivity index (χ0n) is 21.9. The first kappa shape index (κ1) is 26.4. The third-order valence-electron chi connectivity index (χ3n) is 7.96. The van der Waals surface area contributed by atoms with Gasteiger partial charge in [-0.15, -0.1) is 0 Å². The molecule has 0 unspecified atom stereocenters. The Bertz CT molecular complexity index is 1860. The second-order valence-electron chi connectivity index (χ2n) is 11.0. The van der Waals surface area contributed by atoms with Crippen LogP contribution in [0.5, 0.6) is 0 Å². The predicted octanol–water partition coefficient (Wildman–Crippen LogP) is 4.79. The highest BCUT2D eigenvalue weighted by atomic mass is 19.3. The van der Waals surface area contributed by atoms with Gasteiger partial charge in [0, 0.05) is 48.6 Å². The fourth-order valence-electron chi connectivity index (χ4n) is 6.38. The summed E-state index contributed by atoms with van der Waals surface area (Å²) in [5.74, 6) is -8.99. The number of Topliss-reactive ketones (excluding diaryl/α,β-unsaturated/α-hetero) is 2. The number of allylic oxidation sites excluding steroid dienone is 2. The summed E-state index contributed by atoms with van der Waals surface area (Å²) in [6.45, 7) is -2.43. The molecule has 1 saturated heterocycles. The lowest BCUT2D eigenvalue weighted by Crippen LogP contribution is -2.57. The van der Waals surface area contributed by atoms with Gasteiger partial charge >= 0.3 is 6.03 Å². The monoisotopic (exact) mass is 583 g/mol. The van der Waals surface area contributed by atoms with Crippen LogP contribution in [0.15, 0.2) is 48.9 Å². The van der Waals surface area contributed by atoms with E-state index < -0.39 is 54.8 Å². The molecule has 1 aromatic carbocycles. The van der Waals surface area contributed by atoms with Crippen molar-refractivity contribution in [1.82, 2.24) is 23.8 Å². The number of hydrogen-bond acceptors (Lipinski definition) is 4. The number of benzene rings is 1. The van der Waals surface area contributed by atoms with Crippen molar-refractivity contribution in [3.63, 3.8) is 0 Å². The highest BCUT2D eigenvalue weighted by molar-refractivity contribution is 6.51. The molecule has 216 valence electrons. The Labute approximate surface area is 234 Å². The minimum absolute atomic E-state index is 0.0436. The Balaban J connectivity index is 1.32. The predicted molar refractivity (Wildman–Crippen MR) is 140 cm³/mol. The van der Waals surface area contributed by atoms with Crippen LogP contribution >= 0.6 is 0 Å². The normalized spacial score (nSPS) is 20.2. The van der Waals surface area contributed by atoms with E-state index in [1.54, 1.807) is 39.6 Å². The van der Waals surface area contributed by atoms with Crippen LogP contribution in [0, 0.1) is 5.82 Å². The highest BCUT2D eigenvalue weighted by Crippen LogP contribution is 2.41. The summed E-state index contributed by atoms with van der Waals surface area (Å²) in [4.78, 5) is 45.5. The number of urea groups is 1. The summed E-state index contributed by atoms with van der Waals surface area (Å²) in [6, 6.07) is 6.74. The van der Waals surface area contributed by atoms with E-state index in [2.05, 4.69) is 4.98 Å². The quantitative estimate of drug-likeness (QED) is 0.251.